The standard InChI is InChI=1S/C15H18N2O2/c1-3-18-13-5-4-6-14(8-13)19-15-7-12(9-16-2)10-17-11-15/h4-8,10-11,16H,3,9H2,1-2H3. The first kappa shape index (κ1) is 13.4. The van der Waals surface area contributed by atoms with Crippen LogP contribution in [0.5, 0.6) is 17.2 Å². The summed E-state index contributed by atoms with van der Waals surface area (Å²) in [5.41, 5.74) is 1.08. The second-order valence-corrected chi connectivity index (χ2v) is 4.07. The van der Waals surface area contributed by atoms with Gasteiger partial charge in [0.1, 0.15) is 17.2 Å². The van der Waals surface area contributed by atoms with Crippen molar-refractivity contribution < 1.29 is 9.47 Å². The molecule has 2 rings (SSSR count). The Morgan fingerprint density at radius 1 is 1.11 bits per heavy atom. The van der Waals surface area contributed by atoms with Gasteiger partial charge in [0, 0.05) is 18.8 Å². The van der Waals surface area contributed by atoms with Crippen LogP contribution in [0.25, 0.3) is 0 Å². The van der Waals surface area contributed by atoms with E-state index in [9.17, 15) is 0 Å². The molecule has 4 nitrogen and oxygen atoms in total. The Bertz CT molecular complexity index is 482. The molecule has 2 aromatic rings. The molecule has 1 aromatic heterocycles. The van der Waals surface area contributed by atoms with Crippen molar-refractivity contribution in [2.24, 2.45) is 0 Å². The molecule has 0 aliphatic carbocycles. The zero-order chi connectivity index (χ0) is 13.5. The number of ether oxygens (including phenoxy) is 2. The lowest BCUT2D eigenvalue weighted by Gasteiger charge is -2.09. The summed E-state index contributed by atoms with van der Waals surface area (Å²) < 4.78 is 11.2. The maximum atomic E-state index is 5.78. The van der Waals surface area contributed by atoms with Gasteiger partial charge in [-0.05, 0) is 37.7 Å². The van der Waals surface area contributed by atoms with Crippen LogP contribution in [0.2, 0.25) is 0 Å². The van der Waals surface area contributed by atoms with E-state index in [1.807, 2.05) is 50.5 Å². The third kappa shape index (κ3) is 3.96. The molecule has 0 fully saturated rings. The predicted octanol–water partition coefficient (Wildman–Crippen LogP) is 2.99. The van der Waals surface area contributed by atoms with Crippen molar-refractivity contribution in [1.82, 2.24) is 10.3 Å². The summed E-state index contributed by atoms with van der Waals surface area (Å²) in [5.74, 6) is 2.27. The fourth-order valence-corrected chi connectivity index (χ4v) is 1.75. The smallest absolute Gasteiger partial charge is 0.146 e. The lowest BCUT2D eigenvalue weighted by atomic mass is 10.2. The molecule has 0 aliphatic rings. The molecule has 19 heavy (non-hydrogen) atoms. The first-order valence-corrected chi connectivity index (χ1v) is 6.31. The lowest BCUT2D eigenvalue weighted by molar-refractivity contribution is 0.338. The lowest BCUT2D eigenvalue weighted by Crippen LogP contribution is -2.05. The number of nitrogens with one attached hydrogen (secondary N) is 1. The number of rotatable bonds is 6. The molecule has 1 aromatic carbocycles. The van der Waals surface area contributed by atoms with Crippen LogP contribution < -0.4 is 14.8 Å². The third-order valence-electron chi connectivity index (χ3n) is 2.50. The molecule has 0 saturated heterocycles. The minimum atomic E-state index is 0.642. The number of aromatic nitrogens is 1. The number of hydrogen-bond acceptors (Lipinski definition) is 4. The zero-order valence-corrected chi connectivity index (χ0v) is 11.2. The van der Waals surface area contributed by atoms with E-state index in [-0.39, 0.29) is 0 Å². The quantitative estimate of drug-likeness (QED) is 0.865. The van der Waals surface area contributed by atoms with Crippen LogP contribution in [0, 0.1) is 0 Å². The maximum Gasteiger partial charge on any atom is 0.146 e. The number of benzene rings is 1. The summed E-state index contributed by atoms with van der Waals surface area (Å²) in [6.07, 6.45) is 3.52. The highest BCUT2D eigenvalue weighted by Gasteiger charge is 2.01. The Balaban J connectivity index is 2.11. The van der Waals surface area contributed by atoms with Crippen molar-refractivity contribution in [3.63, 3.8) is 0 Å². The minimum absolute atomic E-state index is 0.642. The van der Waals surface area contributed by atoms with Gasteiger partial charge in [0.15, 0.2) is 0 Å². The highest BCUT2D eigenvalue weighted by atomic mass is 16.5. The first-order chi connectivity index (χ1) is 9.31. The highest BCUT2D eigenvalue weighted by Crippen LogP contribution is 2.25. The summed E-state index contributed by atoms with van der Waals surface area (Å²) in [5, 5.41) is 3.09. The molecule has 0 saturated carbocycles. The summed E-state index contributed by atoms with van der Waals surface area (Å²) in [6.45, 7) is 3.37. The van der Waals surface area contributed by atoms with Gasteiger partial charge in [-0.3, -0.25) is 4.98 Å². The molecule has 4 heteroatoms. The van der Waals surface area contributed by atoms with Crippen LogP contribution in [0.1, 0.15) is 12.5 Å². The van der Waals surface area contributed by atoms with Crippen molar-refractivity contribution in [3.05, 3.63) is 48.3 Å². The molecule has 0 spiro atoms. The van der Waals surface area contributed by atoms with Crippen LogP contribution in [0.4, 0.5) is 0 Å². The van der Waals surface area contributed by atoms with Crippen molar-refractivity contribution in [2.45, 2.75) is 13.5 Å². The Morgan fingerprint density at radius 2 is 1.95 bits per heavy atom. The Morgan fingerprint density at radius 3 is 2.74 bits per heavy atom. The van der Waals surface area contributed by atoms with Crippen LogP contribution in [-0.2, 0) is 6.54 Å². The highest BCUT2D eigenvalue weighted by molar-refractivity contribution is 5.36. The second kappa shape index (κ2) is 6.75. The van der Waals surface area contributed by atoms with Crippen molar-refractivity contribution in [1.29, 1.82) is 0 Å². The molecule has 1 heterocycles. The van der Waals surface area contributed by atoms with Crippen molar-refractivity contribution in [3.8, 4) is 17.2 Å². The van der Waals surface area contributed by atoms with Crippen molar-refractivity contribution >= 4 is 0 Å². The van der Waals surface area contributed by atoms with E-state index in [4.69, 9.17) is 9.47 Å². The number of pyridine rings is 1. The van der Waals surface area contributed by atoms with Gasteiger partial charge in [0.2, 0.25) is 0 Å². The molecule has 1 N–H and O–H groups in total. The largest absolute Gasteiger partial charge is 0.494 e. The number of nitrogens with zero attached hydrogens (tertiary/aromatic N) is 1. The van der Waals surface area contributed by atoms with Crippen LogP contribution in [-0.4, -0.2) is 18.6 Å². The van der Waals surface area contributed by atoms with Gasteiger partial charge in [-0.15, -0.1) is 0 Å². The van der Waals surface area contributed by atoms with E-state index >= 15 is 0 Å². The third-order valence-corrected chi connectivity index (χ3v) is 2.50. The summed E-state index contributed by atoms with van der Waals surface area (Å²) in [7, 11) is 1.90. The molecule has 0 bridgehead atoms. The molecular formula is C15H18N2O2. The average Bonchev–Trinajstić information content (AvgIpc) is 2.40. The van der Waals surface area contributed by atoms with Gasteiger partial charge in [-0.1, -0.05) is 6.07 Å². The van der Waals surface area contributed by atoms with Gasteiger partial charge >= 0.3 is 0 Å². The summed E-state index contributed by atoms with van der Waals surface area (Å²) >= 11 is 0. The van der Waals surface area contributed by atoms with Crippen LogP contribution in [0.15, 0.2) is 42.7 Å². The fourth-order valence-electron chi connectivity index (χ4n) is 1.75. The molecular weight excluding hydrogens is 240 g/mol. The molecule has 0 amide bonds. The van der Waals surface area contributed by atoms with Gasteiger partial charge in [0.05, 0.1) is 12.8 Å². The molecule has 100 valence electrons. The van der Waals surface area contributed by atoms with E-state index in [0.29, 0.717) is 6.61 Å². The van der Waals surface area contributed by atoms with Gasteiger partial charge < -0.3 is 14.8 Å². The minimum Gasteiger partial charge on any atom is -0.494 e. The van der Waals surface area contributed by atoms with E-state index in [2.05, 4.69) is 10.3 Å². The molecule has 0 atom stereocenters. The van der Waals surface area contributed by atoms with Crippen LogP contribution in [0.3, 0.4) is 0 Å². The number of hydrogen-bond donors (Lipinski definition) is 1. The summed E-state index contributed by atoms with van der Waals surface area (Å²) in [4.78, 5) is 4.16. The second-order valence-electron chi connectivity index (χ2n) is 4.07. The topological polar surface area (TPSA) is 43.4 Å². The van der Waals surface area contributed by atoms with E-state index in [1.54, 1.807) is 6.20 Å². The normalized spacial score (nSPS) is 10.2. The Kier molecular flexibility index (Phi) is 4.75. The Labute approximate surface area is 113 Å². The van der Waals surface area contributed by atoms with E-state index < -0.39 is 0 Å². The fraction of sp³-hybridized carbons (Fsp3) is 0.267. The van der Waals surface area contributed by atoms with Gasteiger partial charge in [-0.2, -0.15) is 0 Å². The monoisotopic (exact) mass is 258 g/mol. The van der Waals surface area contributed by atoms with Gasteiger partial charge in [-0.25, -0.2) is 0 Å². The summed E-state index contributed by atoms with van der Waals surface area (Å²) in [6, 6.07) is 9.55. The van der Waals surface area contributed by atoms with Crippen LogP contribution >= 0.6 is 0 Å². The van der Waals surface area contributed by atoms with Gasteiger partial charge in [0.25, 0.3) is 0 Å². The van der Waals surface area contributed by atoms with E-state index in [0.717, 1.165) is 29.4 Å². The average molecular weight is 258 g/mol. The van der Waals surface area contributed by atoms with E-state index in [1.165, 1.54) is 0 Å². The molecule has 0 aliphatic heterocycles. The molecule has 0 radical (unpaired) electrons. The van der Waals surface area contributed by atoms with Crippen molar-refractivity contribution in [2.75, 3.05) is 13.7 Å². The maximum absolute atomic E-state index is 5.78. The first-order valence-electron chi connectivity index (χ1n) is 6.31. The Hall–Kier alpha value is -2.07. The predicted molar refractivity (Wildman–Crippen MR) is 74.7 cm³/mol. The SMILES string of the molecule is CCOc1cccc(Oc2cncc(CNC)c2)c1. The zero-order valence-electron chi connectivity index (χ0n) is 11.2. The molecule has 0 unspecified atom stereocenters.